The minimum atomic E-state index is -1.12. The van der Waals surface area contributed by atoms with Crippen molar-refractivity contribution in [2.75, 3.05) is 6.61 Å². The van der Waals surface area contributed by atoms with Gasteiger partial charge in [-0.1, -0.05) is 5.21 Å². The van der Waals surface area contributed by atoms with E-state index < -0.39 is 5.97 Å². The normalized spacial score (nSPS) is 21.0. The Bertz CT molecular complexity index is 753. The summed E-state index contributed by atoms with van der Waals surface area (Å²) in [4.78, 5) is 35.0. The maximum absolute atomic E-state index is 12.0. The molecule has 1 saturated heterocycles. The van der Waals surface area contributed by atoms with Crippen LogP contribution in [-0.2, 0) is 25.7 Å². The largest absolute Gasteiger partial charge is 0.477 e. The fourth-order valence-electron chi connectivity index (χ4n) is 2.20. The van der Waals surface area contributed by atoms with Crippen LogP contribution in [0.1, 0.15) is 12.6 Å². The van der Waals surface area contributed by atoms with Gasteiger partial charge >= 0.3 is 11.9 Å². The molecule has 3 heterocycles. The average molecular weight is 336 g/mol. The molecule has 1 fully saturated rings. The lowest BCUT2D eigenvalue weighted by Gasteiger charge is -2.36. The van der Waals surface area contributed by atoms with E-state index in [-0.39, 0.29) is 29.6 Å². The number of hydrogen-bond acceptors (Lipinski definition) is 7. The lowest BCUT2D eigenvalue weighted by molar-refractivity contribution is -0.141. The summed E-state index contributed by atoms with van der Waals surface area (Å²) in [6.45, 7) is 1.87. The third kappa shape index (κ3) is 2.84. The summed E-state index contributed by atoms with van der Waals surface area (Å²) >= 11 is 1.27. The van der Waals surface area contributed by atoms with E-state index in [4.69, 9.17) is 9.84 Å². The number of carboxylic acids is 1. The molecule has 1 aromatic heterocycles. The van der Waals surface area contributed by atoms with Crippen LogP contribution in [0.2, 0.25) is 0 Å². The number of rotatable bonds is 5. The molecule has 0 unspecified atom stereocenters. The van der Waals surface area contributed by atoms with Crippen molar-refractivity contribution in [3.8, 4) is 0 Å². The highest BCUT2D eigenvalue weighted by Crippen LogP contribution is 2.44. The van der Waals surface area contributed by atoms with Crippen molar-refractivity contribution in [2.24, 2.45) is 0 Å². The first kappa shape index (κ1) is 15.3. The monoisotopic (exact) mass is 336 g/mol. The molecule has 0 radical (unpaired) electrons. The van der Waals surface area contributed by atoms with Gasteiger partial charge in [0.2, 0.25) is 0 Å². The highest BCUT2D eigenvalue weighted by atomic mass is 32.2. The molecular formula is C13H12N4O5S. The Balaban J connectivity index is 1.65. The lowest BCUT2D eigenvalue weighted by atomic mass is 10.0. The van der Waals surface area contributed by atoms with Crippen LogP contribution in [0.3, 0.4) is 0 Å². The topological polar surface area (TPSA) is 115 Å². The molecule has 2 aliphatic heterocycles. The predicted octanol–water partition coefficient (Wildman–Crippen LogP) is 0.0657. The molecular weight excluding hydrogens is 324 g/mol. The number of aliphatic carboxylic acids is 1. The van der Waals surface area contributed by atoms with E-state index in [9.17, 15) is 14.4 Å². The molecule has 1 atom stereocenters. The van der Waals surface area contributed by atoms with Gasteiger partial charge in [-0.25, -0.2) is 9.48 Å². The second-order valence-corrected chi connectivity index (χ2v) is 5.77. The molecule has 9 nitrogen and oxygen atoms in total. The molecule has 23 heavy (non-hydrogen) atoms. The van der Waals surface area contributed by atoms with Crippen LogP contribution in [-0.4, -0.2) is 54.8 Å². The number of hydrogen-bond donors (Lipinski definition) is 1. The third-order valence-electron chi connectivity index (χ3n) is 3.24. The van der Waals surface area contributed by atoms with Crippen LogP contribution in [0, 0.1) is 0 Å². The molecule has 0 bridgehead atoms. The van der Waals surface area contributed by atoms with Gasteiger partial charge in [-0.2, -0.15) is 0 Å². The summed E-state index contributed by atoms with van der Waals surface area (Å²) in [5.74, 6) is -1.83. The van der Waals surface area contributed by atoms with Gasteiger partial charge < -0.3 is 9.84 Å². The number of carboxylic acid groups (broad SMARTS) is 1. The number of fused-ring (bicyclic) bond motifs is 1. The molecule has 3 rings (SSSR count). The van der Waals surface area contributed by atoms with Crippen molar-refractivity contribution in [1.29, 1.82) is 0 Å². The molecule has 1 aromatic rings. The van der Waals surface area contributed by atoms with Crippen LogP contribution in [0.25, 0.3) is 6.08 Å². The second-order valence-electron chi connectivity index (χ2n) is 4.82. The molecule has 120 valence electrons. The van der Waals surface area contributed by atoms with Crippen LogP contribution >= 0.6 is 11.8 Å². The summed E-state index contributed by atoms with van der Waals surface area (Å²) in [6.07, 6.45) is 3.21. The Labute approximate surface area is 134 Å². The minimum absolute atomic E-state index is 0.00724. The standard InChI is InChI=1S/C13H12N4O5S/c1-7(18)22-3-2-16-5-8(14-15-16)4-9-11(19)17-10(13(20)21)6-23-12(9)17/h4-6,12H,2-3H2,1H3,(H,20,21)/t12-/m1/s1. The Morgan fingerprint density at radius 1 is 1.52 bits per heavy atom. The van der Waals surface area contributed by atoms with E-state index in [1.54, 1.807) is 12.3 Å². The van der Waals surface area contributed by atoms with Gasteiger partial charge in [-0.3, -0.25) is 14.5 Å². The zero-order chi connectivity index (χ0) is 16.6. The van der Waals surface area contributed by atoms with E-state index in [0.29, 0.717) is 17.8 Å². The maximum Gasteiger partial charge on any atom is 0.353 e. The molecule has 1 amide bonds. The van der Waals surface area contributed by atoms with Gasteiger partial charge in [0.1, 0.15) is 23.4 Å². The molecule has 1 N–H and O–H groups in total. The zero-order valence-electron chi connectivity index (χ0n) is 12.0. The second kappa shape index (κ2) is 5.88. The highest BCUT2D eigenvalue weighted by Gasteiger charge is 2.49. The van der Waals surface area contributed by atoms with E-state index in [1.165, 1.54) is 33.7 Å². The predicted molar refractivity (Wildman–Crippen MR) is 78.6 cm³/mol. The number of amides is 1. The van der Waals surface area contributed by atoms with Crippen LogP contribution < -0.4 is 0 Å². The number of esters is 1. The maximum atomic E-state index is 12.0. The van der Waals surface area contributed by atoms with Crippen LogP contribution in [0.15, 0.2) is 22.9 Å². The molecule has 0 aliphatic carbocycles. The fraction of sp³-hybridized carbons (Fsp3) is 0.308. The quantitative estimate of drug-likeness (QED) is 0.456. The number of nitrogens with zero attached hydrogens (tertiary/aromatic N) is 4. The van der Waals surface area contributed by atoms with E-state index in [0.717, 1.165) is 0 Å². The minimum Gasteiger partial charge on any atom is -0.477 e. The van der Waals surface area contributed by atoms with E-state index >= 15 is 0 Å². The summed E-state index contributed by atoms with van der Waals surface area (Å²) in [5.41, 5.74) is 0.960. The molecule has 2 aliphatic rings. The molecule has 0 spiro atoms. The Morgan fingerprint density at radius 2 is 2.30 bits per heavy atom. The van der Waals surface area contributed by atoms with Gasteiger partial charge in [0, 0.05) is 12.3 Å². The van der Waals surface area contributed by atoms with Gasteiger partial charge in [-0.05, 0) is 6.08 Å². The average Bonchev–Trinajstić information content (AvgIpc) is 3.08. The van der Waals surface area contributed by atoms with Crippen molar-refractivity contribution in [1.82, 2.24) is 19.9 Å². The van der Waals surface area contributed by atoms with Crippen molar-refractivity contribution in [3.63, 3.8) is 0 Å². The van der Waals surface area contributed by atoms with Gasteiger partial charge in [-0.15, -0.1) is 16.9 Å². The fourth-order valence-corrected chi connectivity index (χ4v) is 3.32. The first-order valence-electron chi connectivity index (χ1n) is 6.65. The first-order valence-corrected chi connectivity index (χ1v) is 7.59. The van der Waals surface area contributed by atoms with Crippen molar-refractivity contribution < 1.29 is 24.2 Å². The molecule has 0 saturated carbocycles. The summed E-state index contributed by atoms with van der Waals surface area (Å²) in [6, 6.07) is 0. The van der Waals surface area contributed by atoms with Gasteiger partial charge in [0.05, 0.1) is 18.3 Å². The number of thioether (sulfide) groups is 1. The Kier molecular flexibility index (Phi) is 3.90. The summed E-state index contributed by atoms with van der Waals surface area (Å²) in [7, 11) is 0. The van der Waals surface area contributed by atoms with Crippen molar-refractivity contribution in [3.05, 3.63) is 28.6 Å². The SMILES string of the molecule is CC(=O)OCCn1cc(C=C2C(=O)N3C(C(=O)O)=CS[C@H]23)nn1. The smallest absolute Gasteiger partial charge is 0.353 e. The Hall–Kier alpha value is -2.62. The number of carbonyl (C=O) groups is 3. The Morgan fingerprint density at radius 3 is 3.00 bits per heavy atom. The molecule has 0 aromatic carbocycles. The number of carbonyl (C=O) groups excluding carboxylic acids is 2. The van der Waals surface area contributed by atoms with Gasteiger partial charge in [0.25, 0.3) is 5.91 Å². The summed E-state index contributed by atoms with van der Waals surface area (Å²) < 4.78 is 6.31. The van der Waals surface area contributed by atoms with Gasteiger partial charge in [0.15, 0.2) is 0 Å². The highest BCUT2D eigenvalue weighted by molar-refractivity contribution is 8.03. The zero-order valence-corrected chi connectivity index (χ0v) is 12.8. The molecule has 10 heteroatoms. The van der Waals surface area contributed by atoms with Crippen LogP contribution in [0.5, 0.6) is 0 Å². The lowest BCUT2D eigenvalue weighted by Crippen LogP contribution is -2.51. The summed E-state index contributed by atoms with van der Waals surface area (Å²) in [5, 5.41) is 17.9. The first-order chi connectivity index (χ1) is 11.0. The van der Waals surface area contributed by atoms with E-state index in [1.807, 2.05) is 0 Å². The van der Waals surface area contributed by atoms with Crippen molar-refractivity contribution >= 4 is 35.7 Å². The van der Waals surface area contributed by atoms with Crippen molar-refractivity contribution in [2.45, 2.75) is 18.8 Å². The third-order valence-corrected chi connectivity index (χ3v) is 4.32. The number of ether oxygens (including phenoxy) is 1. The number of β-lactam (4-membered cyclic amide) rings is 1. The van der Waals surface area contributed by atoms with E-state index in [2.05, 4.69) is 10.3 Å². The van der Waals surface area contributed by atoms with Crippen LogP contribution in [0.4, 0.5) is 0 Å². The number of aromatic nitrogens is 3.